The molecule has 1 fully saturated rings. The van der Waals surface area contributed by atoms with Crippen molar-refractivity contribution < 1.29 is 36.4 Å². The molecule has 3 rings (SSSR count). The summed E-state index contributed by atoms with van der Waals surface area (Å²) in [5.41, 5.74) is -4.00. The summed E-state index contributed by atoms with van der Waals surface area (Å²) in [5, 5.41) is 10.1. The summed E-state index contributed by atoms with van der Waals surface area (Å²) in [6.45, 7) is 1.67. The number of carbonyl (C=O) groups is 2. The third-order valence-electron chi connectivity index (χ3n) is 5.02. The maximum atomic E-state index is 12.5. The highest BCUT2D eigenvalue weighted by Crippen LogP contribution is 2.42. The van der Waals surface area contributed by atoms with Crippen LogP contribution in [0.1, 0.15) is 29.1 Å². The average molecular weight is 507 g/mol. The molecule has 2 aromatic rings. The van der Waals surface area contributed by atoms with Crippen molar-refractivity contribution in [3.63, 3.8) is 0 Å². The molecule has 0 bridgehead atoms. The van der Waals surface area contributed by atoms with Gasteiger partial charge in [-0.3, -0.25) is 19.1 Å². The molecule has 1 aliphatic heterocycles. The zero-order valence-electron chi connectivity index (χ0n) is 18.8. The van der Waals surface area contributed by atoms with E-state index in [1.807, 2.05) is 4.98 Å². The second-order valence-electron chi connectivity index (χ2n) is 7.68. The first-order valence-corrected chi connectivity index (χ1v) is 11.9. The summed E-state index contributed by atoms with van der Waals surface area (Å²) in [4.78, 5) is 50.7. The van der Waals surface area contributed by atoms with Crippen LogP contribution in [0, 0.1) is 18.3 Å². The number of esters is 2. The number of aromatic amines is 1. The smallest absolute Gasteiger partial charge is 0.338 e. The van der Waals surface area contributed by atoms with Crippen LogP contribution in [-0.2, 0) is 33.3 Å². The third kappa shape index (κ3) is 5.48. The van der Waals surface area contributed by atoms with Crippen molar-refractivity contribution in [3.8, 4) is 6.07 Å². The highest BCUT2D eigenvalue weighted by atomic mass is 32.2. The lowest BCUT2D eigenvalue weighted by atomic mass is 9.93. The number of hydrogen-bond acceptors (Lipinski definition) is 11. The molecule has 14 heteroatoms. The van der Waals surface area contributed by atoms with E-state index in [0.29, 0.717) is 6.26 Å². The summed E-state index contributed by atoms with van der Waals surface area (Å²) >= 11 is 0. The molecule has 0 saturated carbocycles. The van der Waals surface area contributed by atoms with E-state index in [2.05, 4.69) is 0 Å². The number of carbonyl (C=O) groups excluding carboxylic acids is 2. The zero-order valence-corrected chi connectivity index (χ0v) is 19.6. The lowest BCUT2D eigenvalue weighted by Crippen LogP contribution is -2.53. The van der Waals surface area contributed by atoms with E-state index in [1.54, 1.807) is 24.3 Å². The molecule has 0 aliphatic carbocycles. The van der Waals surface area contributed by atoms with E-state index in [4.69, 9.17) is 18.4 Å². The Labute approximate surface area is 198 Å². The maximum absolute atomic E-state index is 12.5. The topological polar surface area (TPSA) is 184 Å². The minimum absolute atomic E-state index is 0.0697. The van der Waals surface area contributed by atoms with E-state index >= 15 is 0 Å². The van der Waals surface area contributed by atoms with Crippen LogP contribution in [-0.4, -0.2) is 60.6 Å². The van der Waals surface area contributed by atoms with Gasteiger partial charge in [0.2, 0.25) is 5.60 Å². The van der Waals surface area contributed by atoms with Crippen molar-refractivity contribution in [1.29, 1.82) is 5.26 Å². The lowest BCUT2D eigenvalue weighted by Gasteiger charge is -2.30. The van der Waals surface area contributed by atoms with Crippen molar-refractivity contribution >= 4 is 22.1 Å². The number of rotatable bonds is 7. The van der Waals surface area contributed by atoms with E-state index < -0.39 is 63.9 Å². The predicted molar refractivity (Wildman–Crippen MR) is 117 cm³/mol. The van der Waals surface area contributed by atoms with E-state index in [-0.39, 0.29) is 11.1 Å². The Kier molecular flexibility index (Phi) is 7.25. The van der Waals surface area contributed by atoms with Gasteiger partial charge in [-0.05, 0) is 19.1 Å². The Morgan fingerprint density at radius 3 is 2.49 bits per heavy atom. The summed E-state index contributed by atoms with van der Waals surface area (Å²) in [5.74, 6) is -1.76. The molecule has 1 aromatic heterocycles. The maximum Gasteiger partial charge on any atom is 0.338 e. The monoisotopic (exact) mass is 507 g/mol. The van der Waals surface area contributed by atoms with E-state index in [0.717, 1.165) is 17.7 Å². The van der Waals surface area contributed by atoms with Crippen LogP contribution < -0.4 is 11.2 Å². The lowest BCUT2D eigenvalue weighted by molar-refractivity contribution is -0.158. The van der Waals surface area contributed by atoms with Gasteiger partial charge >= 0.3 is 17.6 Å². The molecule has 13 nitrogen and oxygen atoms in total. The van der Waals surface area contributed by atoms with Gasteiger partial charge in [0.25, 0.3) is 15.7 Å². The summed E-state index contributed by atoms with van der Waals surface area (Å²) in [6, 6.07) is 9.46. The molecule has 1 aromatic carbocycles. The molecule has 0 amide bonds. The number of aryl methyl sites for hydroxylation is 1. The number of ether oxygens (including phenoxy) is 3. The number of nitrogens with zero attached hydrogens (tertiary/aromatic N) is 2. The first kappa shape index (κ1) is 25.8. The van der Waals surface area contributed by atoms with Crippen molar-refractivity contribution in [2.24, 2.45) is 0 Å². The molecular formula is C21H21N3O10S. The number of aromatic nitrogens is 2. The molecule has 1 aliphatic rings. The summed E-state index contributed by atoms with van der Waals surface area (Å²) < 4.78 is 46.3. The highest BCUT2D eigenvalue weighted by molar-refractivity contribution is 7.86. The van der Waals surface area contributed by atoms with E-state index in [9.17, 15) is 32.9 Å². The molecule has 2 heterocycles. The van der Waals surface area contributed by atoms with Gasteiger partial charge in [0.15, 0.2) is 12.3 Å². The van der Waals surface area contributed by atoms with Gasteiger partial charge in [0, 0.05) is 18.7 Å². The van der Waals surface area contributed by atoms with Gasteiger partial charge < -0.3 is 14.2 Å². The minimum atomic E-state index is -4.38. The Morgan fingerprint density at radius 1 is 1.26 bits per heavy atom. The zero-order chi connectivity index (χ0) is 26.0. The van der Waals surface area contributed by atoms with Crippen molar-refractivity contribution in [2.45, 2.75) is 37.9 Å². The quantitative estimate of drug-likeness (QED) is 0.386. The number of H-pyrrole nitrogens is 1. The fourth-order valence-electron chi connectivity index (χ4n) is 3.52. The number of benzene rings is 1. The van der Waals surface area contributed by atoms with Crippen molar-refractivity contribution in [1.82, 2.24) is 9.55 Å². The molecule has 1 saturated heterocycles. The molecule has 1 N–H and O–H groups in total. The predicted octanol–water partition coefficient (Wildman–Crippen LogP) is -0.230. The highest BCUT2D eigenvalue weighted by Gasteiger charge is 2.64. The Balaban J connectivity index is 2.09. The van der Waals surface area contributed by atoms with Crippen molar-refractivity contribution in [2.75, 3.05) is 12.9 Å². The van der Waals surface area contributed by atoms with Crippen LogP contribution in [0.25, 0.3) is 0 Å². The van der Waals surface area contributed by atoms with Gasteiger partial charge in [0.1, 0.15) is 18.8 Å². The first-order chi connectivity index (χ1) is 16.4. The fraction of sp³-hybridized carbons (Fsp3) is 0.381. The Morgan fingerprint density at radius 2 is 1.91 bits per heavy atom. The second kappa shape index (κ2) is 9.82. The average Bonchev–Trinajstić information content (AvgIpc) is 3.06. The van der Waals surface area contributed by atoms with Crippen LogP contribution >= 0.6 is 0 Å². The summed E-state index contributed by atoms with van der Waals surface area (Å²) in [6.07, 6.45) is -3.33. The minimum Gasteiger partial charge on any atom is -0.459 e. The van der Waals surface area contributed by atoms with Crippen molar-refractivity contribution in [3.05, 3.63) is 68.5 Å². The fourth-order valence-corrected chi connectivity index (χ4v) is 4.27. The number of hydrogen-bond donors (Lipinski definition) is 1. The largest absolute Gasteiger partial charge is 0.459 e. The second-order valence-corrected chi connectivity index (χ2v) is 9.26. The van der Waals surface area contributed by atoms with Crippen LogP contribution in [0.15, 0.2) is 46.1 Å². The third-order valence-corrected chi connectivity index (χ3v) is 5.59. The molecule has 4 atom stereocenters. The van der Waals surface area contributed by atoms with Crippen LogP contribution in [0.3, 0.4) is 0 Å². The van der Waals surface area contributed by atoms with Crippen LogP contribution in [0.4, 0.5) is 0 Å². The number of nitriles is 1. The molecule has 0 spiro atoms. The van der Waals surface area contributed by atoms with Crippen LogP contribution in [0.5, 0.6) is 0 Å². The molecule has 0 unspecified atom stereocenters. The summed E-state index contributed by atoms with van der Waals surface area (Å²) in [7, 11) is -4.38. The molecule has 186 valence electrons. The first-order valence-electron chi connectivity index (χ1n) is 10.1. The van der Waals surface area contributed by atoms with Gasteiger partial charge in [0.05, 0.1) is 11.8 Å². The number of nitrogens with one attached hydrogen (secondary N) is 1. The SMILES string of the molecule is CC(=O)O[C@H]1[C@H](n2cc(C)c(=O)[nH]c2=O)O[C@H](COC(=O)c2ccccc2)[C@@]1(C#N)OS(C)(=O)=O. The molecule has 0 radical (unpaired) electrons. The molecule has 35 heavy (non-hydrogen) atoms. The van der Waals surface area contributed by atoms with Gasteiger partial charge in [-0.25, -0.2) is 13.8 Å². The van der Waals surface area contributed by atoms with Gasteiger partial charge in [-0.15, -0.1) is 0 Å². The molecular weight excluding hydrogens is 486 g/mol. The van der Waals surface area contributed by atoms with E-state index in [1.165, 1.54) is 19.1 Å². The van der Waals surface area contributed by atoms with Gasteiger partial charge in [-0.1, -0.05) is 18.2 Å². The van der Waals surface area contributed by atoms with Gasteiger partial charge in [-0.2, -0.15) is 13.7 Å². The Hall–Kier alpha value is -3.80. The standard InChI is InChI=1S/C21H21N3O10S/c1-12-9-24(20(28)23-17(12)26)18-16(32-13(2)25)21(11-22,34-35(3,29)30)15(33-18)10-31-19(27)14-7-5-4-6-8-14/h4-9,15-16,18H,10H2,1-3H3,(H,23,26,28)/t15-,16+,18-,21-/m1/s1. The Bertz CT molecular complexity index is 1390. The van der Waals surface area contributed by atoms with Crippen LogP contribution in [0.2, 0.25) is 0 Å². The normalized spacial score (nSPS) is 23.9.